The zero-order valence-electron chi connectivity index (χ0n) is 7.39. The van der Waals surface area contributed by atoms with E-state index in [1.807, 2.05) is 6.26 Å². The molecular formula is C7H10BNO3S. The fraction of sp³-hybridized carbons (Fsp3) is 0.286. The normalized spacial score (nSPS) is 9.85. The molecule has 0 saturated heterocycles. The Morgan fingerprint density at radius 3 is 2.69 bits per heavy atom. The smallest absolute Gasteiger partial charge is 0.481 e. The van der Waals surface area contributed by atoms with Crippen molar-refractivity contribution in [1.29, 1.82) is 0 Å². The van der Waals surface area contributed by atoms with E-state index in [0.29, 0.717) is 11.3 Å². The van der Waals surface area contributed by atoms with Crippen LogP contribution >= 0.6 is 11.8 Å². The number of aromatic nitrogens is 1. The maximum absolute atomic E-state index is 8.96. The van der Waals surface area contributed by atoms with E-state index in [-0.39, 0.29) is 0 Å². The highest BCUT2D eigenvalue weighted by Gasteiger charge is 2.16. The average molecular weight is 199 g/mol. The van der Waals surface area contributed by atoms with Gasteiger partial charge in [0.1, 0.15) is 0 Å². The lowest BCUT2D eigenvalue weighted by molar-refractivity contribution is 0.396. The Morgan fingerprint density at radius 1 is 1.54 bits per heavy atom. The van der Waals surface area contributed by atoms with Crippen molar-refractivity contribution < 1.29 is 14.8 Å². The quantitative estimate of drug-likeness (QED) is 0.507. The highest BCUT2D eigenvalue weighted by atomic mass is 32.2. The molecule has 0 amide bonds. The van der Waals surface area contributed by atoms with Crippen LogP contribution in [0.5, 0.6) is 5.88 Å². The summed E-state index contributed by atoms with van der Waals surface area (Å²) >= 11 is 1.41. The van der Waals surface area contributed by atoms with Crippen LogP contribution in [0.15, 0.2) is 17.2 Å². The van der Waals surface area contributed by atoms with Crippen LogP contribution in [0.25, 0.3) is 0 Å². The van der Waals surface area contributed by atoms with Crippen LogP contribution < -0.4 is 10.2 Å². The second-order valence-electron chi connectivity index (χ2n) is 2.34. The monoisotopic (exact) mass is 199 g/mol. The first-order valence-corrected chi connectivity index (χ1v) is 4.85. The molecule has 0 spiro atoms. The van der Waals surface area contributed by atoms with Crippen LogP contribution in [0.4, 0.5) is 0 Å². The molecule has 0 radical (unpaired) electrons. The van der Waals surface area contributed by atoms with Gasteiger partial charge in [0.2, 0.25) is 5.88 Å². The number of rotatable bonds is 3. The lowest BCUT2D eigenvalue weighted by atomic mass is 9.82. The maximum atomic E-state index is 8.96. The molecule has 0 unspecified atom stereocenters. The van der Waals surface area contributed by atoms with Crippen molar-refractivity contribution in [2.75, 3.05) is 13.4 Å². The van der Waals surface area contributed by atoms with E-state index in [2.05, 4.69) is 4.98 Å². The standard InChI is InChI=1S/C7H10BNO3S/c1-12-7-3-6(13-2)5(4-9-7)8(10)11/h3-4,10-11H,1-2H3. The van der Waals surface area contributed by atoms with Gasteiger partial charge in [-0.25, -0.2) is 4.98 Å². The molecule has 4 nitrogen and oxygen atoms in total. The van der Waals surface area contributed by atoms with Gasteiger partial charge in [-0.2, -0.15) is 0 Å². The lowest BCUT2D eigenvalue weighted by Crippen LogP contribution is -2.31. The zero-order chi connectivity index (χ0) is 9.84. The molecule has 0 aliphatic carbocycles. The molecule has 1 rings (SSSR count). The molecule has 0 aliphatic heterocycles. The van der Waals surface area contributed by atoms with E-state index in [0.717, 1.165) is 4.90 Å². The summed E-state index contributed by atoms with van der Waals surface area (Å²) in [7, 11) is 0.0300. The summed E-state index contributed by atoms with van der Waals surface area (Å²) in [5, 5.41) is 17.9. The summed E-state index contributed by atoms with van der Waals surface area (Å²) in [4.78, 5) is 4.62. The summed E-state index contributed by atoms with van der Waals surface area (Å²) in [6.45, 7) is 0. The van der Waals surface area contributed by atoms with Crippen molar-refractivity contribution in [3.63, 3.8) is 0 Å². The molecule has 0 aromatic carbocycles. The Bertz CT molecular complexity index is 295. The first kappa shape index (κ1) is 10.4. The van der Waals surface area contributed by atoms with E-state index in [9.17, 15) is 0 Å². The molecule has 2 N–H and O–H groups in total. The highest BCUT2D eigenvalue weighted by molar-refractivity contribution is 7.98. The number of ether oxygens (including phenoxy) is 1. The van der Waals surface area contributed by atoms with Crippen LogP contribution in [0.3, 0.4) is 0 Å². The summed E-state index contributed by atoms with van der Waals surface area (Å²) in [6, 6.07) is 1.67. The Labute approximate surface area is 81.1 Å². The fourth-order valence-corrected chi connectivity index (χ4v) is 1.52. The van der Waals surface area contributed by atoms with E-state index in [4.69, 9.17) is 14.8 Å². The number of nitrogens with zero attached hydrogens (tertiary/aromatic N) is 1. The van der Waals surface area contributed by atoms with Gasteiger partial charge in [-0.1, -0.05) is 0 Å². The van der Waals surface area contributed by atoms with Crippen LogP contribution in [0, 0.1) is 0 Å². The van der Waals surface area contributed by atoms with E-state index in [1.165, 1.54) is 25.1 Å². The molecule has 0 bridgehead atoms. The van der Waals surface area contributed by atoms with Crippen molar-refractivity contribution in [3.05, 3.63) is 12.3 Å². The van der Waals surface area contributed by atoms with Gasteiger partial charge in [-0.05, 0) is 6.26 Å². The number of pyridine rings is 1. The third kappa shape index (κ3) is 2.36. The number of thioether (sulfide) groups is 1. The third-order valence-corrected chi connectivity index (χ3v) is 2.37. The molecule has 0 saturated carbocycles. The molecule has 70 valence electrons. The molecule has 1 aromatic rings. The van der Waals surface area contributed by atoms with Crippen LogP contribution in [0.1, 0.15) is 0 Å². The average Bonchev–Trinajstić information content (AvgIpc) is 2.16. The maximum Gasteiger partial charge on any atom is 0.491 e. The predicted molar refractivity (Wildman–Crippen MR) is 52.4 cm³/mol. The lowest BCUT2D eigenvalue weighted by Gasteiger charge is -2.06. The molecule has 0 atom stereocenters. The predicted octanol–water partition coefficient (Wildman–Crippen LogP) is -0.508. The molecule has 1 aromatic heterocycles. The summed E-state index contributed by atoms with van der Waals surface area (Å²) in [6.07, 6.45) is 3.25. The Morgan fingerprint density at radius 2 is 2.23 bits per heavy atom. The Kier molecular flexibility index (Phi) is 3.59. The van der Waals surface area contributed by atoms with Crippen LogP contribution in [-0.4, -0.2) is 35.5 Å². The van der Waals surface area contributed by atoms with Gasteiger partial charge in [-0.15, -0.1) is 11.8 Å². The van der Waals surface area contributed by atoms with Gasteiger partial charge in [0, 0.05) is 22.6 Å². The molecule has 1 heterocycles. The van der Waals surface area contributed by atoms with Gasteiger partial charge >= 0.3 is 7.12 Å². The molecule has 6 heteroatoms. The Balaban J connectivity index is 3.08. The number of methoxy groups -OCH3 is 1. The first-order chi connectivity index (χ1) is 6.19. The van der Waals surface area contributed by atoms with Crippen molar-refractivity contribution in [2.24, 2.45) is 0 Å². The number of hydrogen-bond donors (Lipinski definition) is 2. The van der Waals surface area contributed by atoms with Gasteiger partial charge in [0.15, 0.2) is 0 Å². The molecular weight excluding hydrogens is 189 g/mol. The van der Waals surface area contributed by atoms with Crippen LogP contribution in [-0.2, 0) is 0 Å². The molecule has 0 fully saturated rings. The van der Waals surface area contributed by atoms with E-state index >= 15 is 0 Å². The highest BCUT2D eigenvalue weighted by Crippen LogP contribution is 2.16. The minimum Gasteiger partial charge on any atom is -0.481 e. The van der Waals surface area contributed by atoms with Gasteiger partial charge < -0.3 is 14.8 Å². The zero-order valence-corrected chi connectivity index (χ0v) is 8.21. The summed E-state index contributed by atoms with van der Waals surface area (Å²) < 4.78 is 4.90. The van der Waals surface area contributed by atoms with Crippen molar-refractivity contribution in [3.8, 4) is 5.88 Å². The van der Waals surface area contributed by atoms with E-state index < -0.39 is 7.12 Å². The summed E-state index contributed by atoms with van der Waals surface area (Å²) in [5.74, 6) is 0.466. The number of hydrogen-bond acceptors (Lipinski definition) is 5. The van der Waals surface area contributed by atoms with E-state index in [1.54, 1.807) is 6.07 Å². The molecule has 0 aliphatic rings. The third-order valence-electron chi connectivity index (χ3n) is 1.58. The van der Waals surface area contributed by atoms with Crippen molar-refractivity contribution in [1.82, 2.24) is 4.98 Å². The minimum atomic E-state index is -1.49. The Hall–Kier alpha value is -0.715. The second kappa shape index (κ2) is 4.50. The molecule has 13 heavy (non-hydrogen) atoms. The van der Waals surface area contributed by atoms with Crippen molar-refractivity contribution >= 4 is 24.3 Å². The van der Waals surface area contributed by atoms with Crippen LogP contribution in [0.2, 0.25) is 0 Å². The van der Waals surface area contributed by atoms with Gasteiger partial charge in [-0.3, -0.25) is 0 Å². The van der Waals surface area contributed by atoms with Gasteiger partial charge in [0.05, 0.1) is 7.11 Å². The minimum absolute atomic E-state index is 0.397. The van der Waals surface area contributed by atoms with Gasteiger partial charge in [0.25, 0.3) is 0 Å². The fourth-order valence-electron chi connectivity index (χ4n) is 0.912. The largest absolute Gasteiger partial charge is 0.491 e. The topological polar surface area (TPSA) is 62.6 Å². The second-order valence-corrected chi connectivity index (χ2v) is 3.19. The first-order valence-electron chi connectivity index (χ1n) is 3.63. The SMILES string of the molecule is COc1cc(SC)c(B(O)O)cn1. The summed E-state index contributed by atoms with van der Waals surface area (Å²) in [5.41, 5.74) is 0.397. The van der Waals surface area contributed by atoms with Crippen molar-refractivity contribution in [2.45, 2.75) is 4.90 Å².